The van der Waals surface area contributed by atoms with Crippen LogP contribution >= 0.6 is 11.3 Å². The summed E-state index contributed by atoms with van der Waals surface area (Å²) in [4.78, 5) is 13.6. The minimum absolute atomic E-state index is 0.176. The fourth-order valence-electron chi connectivity index (χ4n) is 1.24. The smallest absolute Gasteiger partial charge is 0.304 e. The fraction of sp³-hybridized carbons (Fsp3) is 0. The molecule has 0 aliphatic heterocycles. The van der Waals surface area contributed by atoms with Crippen LogP contribution in [0.25, 0.3) is 10.4 Å². The van der Waals surface area contributed by atoms with Crippen molar-refractivity contribution in [2.75, 3.05) is 0 Å². The van der Waals surface area contributed by atoms with Crippen molar-refractivity contribution in [1.82, 2.24) is 4.98 Å². The van der Waals surface area contributed by atoms with Crippen LogP contribution in [0.3, 0.4) is 0 Å². The number of aromatic amines is 1. The lowest BCUT2D eigenvalue weighted by Crippen LogP contribution is -1.91. The van der Waals surface area contributed by atoms with Crippen molar-refractivity contribution in [1.29, 1.82) is 5.26 Å². The molecule has 1 heterocycles. The van der Waals surface area contributed by atoms with Crippen molar-refractivity contribution in [2.45, 2.75) is 0 Å². The number of halogens is 1. The van der Waals surface area contributed by atoms with Gasteiger partial charge in [0.15, 0.2) is 0 Å². The zero-order valence-electron chi connectivity index (χ0n) is 7.45. The van der Waals surface area contributed by atoms with Crippen molar-refractivity contribution in [3.05, 3.63) is 45.4 Å². The second-order valence-corrected chi connectivity index (χ2v) is 3.82. The Balaban J connectivity index is 2.64. The van der Waals surface area contributed by atoms with Crippen molar-refractivity contribution >= 4 is 11.3 Å². The second kappa shape index (κ2) is 3.67. The van der Waals surface area contributed by atoms with E-state index in [0.29, 0.717) is 10.4 Å². The van der Waals surface area contributed by atoms with E-state index in [-0.39, 0.29) is 10.6 Å². The molecule has 3 nitrogen and oxygen atoms in total. The number of aromatic nitrogens is 1. The summed E-state index contributed by atoms with van der Waals surface area (Å²) < 4.78 is 12.9. The maximum Gasteiger partial charge on any atom is 0.306 e. The maximum atomic E-state index is 12.9. The summed E-state index contributed by atoms with van der Waals surface area (Å²) in [5, 5.41) is 8.76. The van der Waals surface area contributed by atoms with E-state index < -0.39 is 5.82 Å². The highest BCUT2D eigenvalue weighted by Crippen LogP contribution is 2.25. The lowest BCUT2D eigenvalue weighted by Gasteiger charge is -1.96. The number of hydrogen-bond donors (Lipinski definition) is 1. The molecule has 0 aliphatic rings. The molecule has 0 atom stereocenters. The molecule has 0 radical (unpaired) electrons. The molecule has 0 unspecified atom stereocenters. The number of H-pyrrole nitrogens is 1. The lowest BCUT2D eigenvalue weighted by atomic mass is 10.1. The van der Waals surface area contributed by atoms with Crippen LogP contribution in [0.4, 0.5) is 4.39 Å². The number of nitrogens with zero attached hydrogens (tertiary/aromatic N) is 1. The van der Waals surface area contributed by atoms with E-state index in [9.17, 15) is 9.18 Å². The normalized spacial score (nSPS) is 9.87. The molecule has 0 amide bonds. The molecular formula is C10H5FN2OS. The van der Waals surface area contributed by atoms with Crippen molar-refractivity contribution < 1.29 is 4.39 Å². The van der Waals surface area contributed by atoms with Crippen molar-refractivity contribution in [2.24, 2.45) is 0 Å². The molecule has 1 aromatic heterocycles. The van der Waals surface area contributed by atoms with Gasteiger partial charge in [0.2, 0.25) is 0 Å². The van der Waals surface area contributed by atoms with Crippen LogP contribution < -0.4 is 4.87 Å². The van der Waals surface area contributed by atoms with Gasteiger partial charge in [-0.25, -0.2) is 4.39 Å². The molecule has 1 N–H and O–H groups in total. The van der Waals surface area contributed by atoms with Gasteiger partial charge in [-0.1, -0.05) is 23.5 Å². The minimum Gasteiger partial charge on any atom is -0.304 e. The molecule has 1 aromatic carbocycles. The number of benzene rings is 1. The molecule has 15 heavy (non-hydrogen) atoms. The Morgan fingerprint density at radius 2 is 2.27 bits per heavy atom. The Labute approximate surface area is 88.4 Å². The molecule has 5 heteroatoms. The Morgan fingerprint density at radius 3 is 2.93 bits per heavy atom. The number of rotatable bonds is 1. The average molecular weight is 220 g/mol. The average Bonchev–Trinajstić information content (AvgIpc) is 2.59. The third-order valence-corrected chi connectivity index (χ3v) is 2.78. The monoisotopic (exact) mass is 220 g/mol. The second-order valence-electron chi connectivity index (χ2n) is 2.84. The van der Waals surface area contributed by atoms with Gasteiger partial charge in [0, 0.05) is 0 Å². The number of hydrogen-bond acceptors (Lipinski definition) is 3. The topological polar surface area (TPSA) is 56.6 Å². The number of nitriles is 1. The van der Waals surface area contributed by atoms with Crippen molar-refractivity contribution in [3.63, 3.8) is 0 Å². The van der Waals surface area contributed by atoms with Gasteiger partial charge in [0.25, 0.3) is 0 Å². The van der Waals surface area contributed by atoms with Crippen LogP contribution in [-0.2, 0) is 0 Å². The highest BCUT2D eigenvalue weighted by molar-refractivity contribution is 7.13. The van der Waals surface area contributed by atoms with Gasteiger partial charge in [-0.2, -0.15) is 5.26 Å². The summed E-state index contributed by atoms with van der Waals surface area (Å²) in [5.74, 6) is -0.391. The first kappa shape index (κ1) is 9.62. The van der Waals surface area contributed by atoms with Crippen LogP contribution in [-0.4, -0.2) is 4.98 Å². The summed E-state index contributed by atoms with van der Waals surface area (Å²) in [6.07, 6.45) is 0. The minimum atomic E-state index is -0.391. The van der Waals surface area contributed by atoms with Gasteiger partial charge < -0.3 is 4.98 Å². The predicted molar refractivity (Wildman–Crippen MR) is 55.0 cm³/mol. The van der Waals surface area contributed by atoms with E-state index in [2.05, 4.69) is 4.98 Å². The van der Waals surface area contributed by atoms with E-state index in [1.165, 1.54) is 18.2 Å². The quantitative estimate of drug-likeness (QED) is 0.800. The molecule has 0 aliphatic carbocycles. The van der Waals surface area contributed by atoms with E-state index in [0.717, 1.165) is 11.3 Å². The lowest BCUT2D eigenvalue weighted by molar-refractivity contribution is 0.628. The highest BCUT2D eigenvalue weighted by atomic mass is 32.1. The Hall–Kier alpha value is -1.93. The SMILES string of the molecule is N#Cc1[nH]c(=O)sc1-c1cccc(F)c1. The first-order chi connectivity index (χ1) is 7.20. The fourth-order valence-corrected chi connectivity index (χ4v) is 2.02. The van der Waals surface area contributed by atoms with Gasteiger partial charge in [0.05, 0.1) is 4.88 Å². The van der Waals surface area contributed by atoms with E-state index in [4.69, 9.17) is 5.26 Å². The first-order valence-electron chi connectivity index (χ1n) is 4.10. The van der Waals surface area contributed by atoms with E-state index in [1.54, 1.807) is 6.07 Å². The maximum absolute atomic E-state index is 12.9. The van der Waals surface area contributed by atoms with Crippen LogP contribution in [0.2, 0.25) is 0 Å². The summed E-state index contributed by atoms with van der Waals surface area (Å²) in [6.45, 7) is 0. The van der Waals surface area contributed by atoms with Crippen molar-refractivity contribution in [3.8, 4) is 16.5 Å². The third-order valence-electron chi connectivity index (χ3n) is 1.85. The molecule has 0 saturated heterocycles. The first-order valence-corrected chi connectivity index (χ1v) is 4.91. The molecule has 74 valence electrons. The Morgan fingerprint density at radius 1 is 1.47 bits per heavy atom. The van der Waals surface area contributed by atoms with Crippen LogP contribution in [0.5, 0.6) is 0 Å². The largest absolute Gasteiger partial charge is 0.306 e. The van der Waals surface area contributed by atoms with E-state index in [1.807, 2.05) is 6.07 Å². The van der Waals surface area contributed by atoms with Gasteiger partial charge in [-0.05, 0) is 17.7 Å². The molecule has 2 rings (SSSR count). The Kier molecular flexibility index (Phi) is 2.35. The number of nitrogens with one attached hydrogen (secondary N) is 1. The van der Waals surface area contributed by atoms with Gasteiger partial charge >= 0.3 is 4.87 Å². The zero-order valence-corrected chi connectivity index (χ0v) is 8.27. The summed E-state index contributed by atoms with van der Waals surface area (Å²) >= 11 is 0.900. The van der Waals surface area contributed by atoms with Gasteiger partial charge in [-0.3, -0.25) is 4.79 Å². The molecule has 2 aromatic rings. The summed E-state index contributed by atoms with van der Waals surface area (Å²) in [5.41, 5.74) is 0.713. The van der Waals surface area contributed by atoms with Crippen LogP contribution in [0, 0.1) is 17.1 Å². The molecular weight excluding hydrogens is 215 g/mol. The standard InChI is InChI=1S/C10H5FN2OS/c11-7-3-1-2-6(4-7)9-8(5-12)13-10(14)15-9/h1-4H,(H,13,14). The molecule has 0 spiro atoms. The van der Waals surface area contributed by atoms with E-state index >= 15 is 0 Å². The third kappa shape index (κ3) is 1.80. The molecule has 0 saturated carbocycles. The predicted octanol–water partition coefficient (Wildman–Crippen LogP) is 2.11. The zero-order chi connectivity index (χ0) is 10.8. The summed E-state index contributed by atoms with van der Waals surface area (Å²) in [6, 6.07) is 7.66. The molecule has 0 fully saturated rings. The van der Waals surface area contributed by atoms with Crippen LogP contribution in [0.1, 0.15) is 5.69 Å². The summed E-state index contributed by atoms with van der Waals surface area (Å²) in [7, 11) is 0. The van der Waals surface area contributed by atoms with Crippen LogP contribution in [0.15, 0.2) is 29.1 Å². The highest BCUT2D eigenvalue weighted by Gasteiger charge is 2.09. The Bertz CT molecular complexity index is 594. The molecule has 0 bridgehead atoms. The number of thiazole rings is 1. The van der Waals surface area contributed by atoms with Gasteiger partial charge in [-0.15, -0.1) is 0 Å². The van der Waals surface area contributed by atoms with Gasteiger partial charge in [0.1, 0.15) is 17.6 Å².